The second kappa shape index (κ2) is 10.2. The molecule has 0 saturated heterocycles. The van der Waals surface area contributed by atoms with E-state index in [0.717, 1.165) is 0 Å². The standard InChI is InChI=1S/C42H28/c1-5-13-29(14-6-1)33-21-23-35-36-24-22-34(30-15-7-2-8-16-30)26-40(36)42-28-38(32-19-11-4-12-20-32)37(27-41(42)39(35)25-33)31-17-9-3-10-18-31/h1-28H. The van der Waals surface area contributed by atoms with E-state index in [0.29, 0.717) is 0 Å². The molecule has 0 aliphatic rings. The molecule has 0 amide bonds. The lowest BCUT2D eigenvalue weighted by Gasteiger charge is -2.18. The molecule has 0 aliphatic heterocycles. The second-order valence-corrected chi connectivity index (χ2v) is 10.9. The fourth-order valence-electron chi connectivity index (χ4n) is 6.38. The van der Waals surface area contributed by atoms with Crippen molar-refractivity contribution in [2.24, 2.45) is 0 Å². The van der Waals surface area contributed by atoms with Crippen LogP contribution in [0, 0.1) is 0 Å². The average molecular weight is 533 g/mol. The summed E-state index contributed by atoms with van der Waals surface area (Å²) < 4.78 is 0. The molecule has 0 nitrogen and oxygen atoms in total. The normalized spacial score (nSPS) is 11.3. The van der Waals surface area contributed by atoms with Crippen LogP contribution in [0.2, 0.25) is 0 Å². The van der Waals surface area contributed by atoms with E-state index in [9.17, 15) is 0 Å². The van der Waals surface area contributed by atoms with Gasteiger partial charge in [-0.3, -0.25) is 0 Å². The van der Waals surface area contributed by atoms with Gasteiger partial charge in [-0.15, -0.1) is 0 Å². The Kier molecular flexibility index (Phi) is 5.90. The van der Waals surface area contributed by atoms with E-state index in [-0.39, 0.29) is 0 Å². The molecule has 0 bridgehead atoms. The SMILES string of the molecule is c1ccc(-c2ccc3c4ccc(-c5ccccc5)cc4c4cc(-c5ccccc5)c(-c5ccccc5)cc4c3c2)cc1. The molecule has 196 valence electrons. The van der Waals surface area contributed by atoms with Crippen LogP contribution < -0.4 is 0 Å². The Morgan fingerprint density at radius 2 is 0.500 bits per heavy atom. The van der Waals surface area contributed by atoms with E-state index in [4.69, 9.17) is 0 Å². The minimum atomic E-state index is 1.23. The highest BCUT2D eigenvalue weighted by atomic mass is 14.2. The predicted octanol–water partition coefficient (Wildman–Crippen LogP) is 11.8. The maximum absolute atomic E-state index is 2.43. The smallest absolute Gasteiger partial charge is 0.00921 e. The first kappa shape index (κ1) is 24.3. The quantitative estimate of drug-likeness (QED) is 0.198. The van der Waals surface area contributed by atoms with Crippen molar-refractivity contribution in [2.45, 2.75) is 0 Å². The molecule has 0 N–H and O–H groups in total. The maximum Gasteiger partial charge on any atom is -0.00921 e. The summed E-state index contributed by atoms with van der Waals surface area (Å²) in [6, 6.07) is 61.8. The van der Waals surface area contributed by atoms with Gasteiger partial charge in [0.25, 0.3) is 0 Å². The zero-order valence-electron chi connectivity index (χ0n) is 23.2. The first-order valence-electron chi connectivity index (χ1n) is 14.5. The number of rotatable bonds is 4. The molecule has 42 heavy (non-hydrogen) atoms. The van der Waals surface area contributed by atoms with Crippen molar-refractivity contribution in [3.05, 3.63) is 170 Å². The molecule has 0 aliphatic carbocycles. The number of hydrogen-bond acceptors (Lipinski definition) is 0. The fourth-order valence-corrected chi connectivity index (χ4v) is 6.38. The molecular weight excluding hydrogens is 504 g/mol. The van der Waals surface area contributed by atoms with E-state index in [1.165, 1.54) is 76.8 Å². The summed E-state index contributed by atoms with van der Waals surface area (Å²) in [5.41, 5.74) is 9.88. The van der Waals surface area contributed by atoms with Crippen molar-refractivity contribution < 1.29 is 0 Å². The van der Waals surface area contributed by atoms with Gasteiger partial charge >= 0.3 is 0 Å². The zero-order valence-corrected chi connectivity index (χ0v) is 23.2. The van der Waals surface area contributed by atoms with Crippen LogP contribution in [-0.4, -0.2) is 0 Å². The number of fused-ring (bicyclic) bond motifs is 6. The third-order valence-corrected chi connectivity index (χ3v) is 8.45. The topological polar surface area (TPSA) is 0 Å². The average Bonchev–Trinajstić information content (AvgIpc) is 3.09. The first-order valence-corrected chi connectivity index (χ1v) is 14.5. The molecule has 0 fully saturated rings. The Morgan fingerprint density at radius 1 is 0.190 bits per heavy atom. The monoisotopic (exact) mass is 532 g/mol. The van der Waals surface area contributed by atoms with Crippen LogP contribution >= 0.6 is 0 Å². The molecule has 0 spiro atoms. The van der Waals surface area contributed by atoms with Gasteiger partial charge in [0, 0.05) is 0 Å². The molecule has 8 aromatic carbocycles. The van der Waals surface area contributed by atoms with Crippen LogP contribution in [0.25, 0.3) is 76.8 Å². The molecule has 0 saturated carbocycles. The van der Waals surface area contributed by atoms with E-state index >= 15 is 0 Å². The summed E-state index contributed by atoms with van der Waals surface area (Å²) >= 11 is 0. The Morgan fingerprint density at radius 3 is 0.857 bits per heavy atom. The molecule has 0 aromatic heterocycles. The Balaban J connectivity index is 1.53. The van der Waals surface area contributed by atoms with Gasteiger partial charge in [0.05, 0.1) is 0 Å². The maximum atomic E-state index is 2.43. The second-order valence-electron chi connectivity index (χ2n) is 10.9. The van der Waals surface area contributed by atoms with Gasteiger partial charge in [0.15, 0.2) is 0 Å². The zero-order chi connectivity index (χ0) is 27.9. The summed E-state index contributed by atoms with van der Waals surface area (Å²) in [7, 11) is 0. The summed E-state index contributed by atoms with van der Waals surface area (Å²) in [5, 5.41) is 7.68. The van der Waals surface area contributed by atoms with Gasteiger partial charge < -0.3 is 0 Å². The first-order chi connectivity index (χ1) is 20.8. The molecule has 0 heteroatoms. The predicted molar refractivity (Wildman–Crippen MR) is 181 cm³/mol. The Hall–Kier alpha value is -5.46. The number of benzene rings is 8. The van der Waals surface area contributed by atoms with Gasteiger partial charge in [-0.05, 0) is 101 Å². The summed E-state index contributed by atoms with van der Waals surface area (Å²) in [4.78, 5) is 0. The molecular formula is C42H28. The van der Waals surface area contributed by atoms with E-state index in [2.05, 4.69) is 170 Å². The van der Waals surface area contributed by atoms with Crippen LogP contribution in [0.3, 0.4) is 0 Å². The van der Waals surface area contributed by atoms with Gasteiger partial charge in [0.1, 0.15) is 0 Å². The van der Waals surface area contributed by atoms with Gasteiger partial charge in [-0.25, -0.2) is 0 Å². The van der Waals surface area contributed by atoms with Gasteiger partial charge in [-0.1, -0.05) is 146 Å². The van der Waals surface area contributed by atoms with E-state index < -0.39 is 0 Å². The summed E-state index contributed by atoms with van der Waals surface area (Å²) in [6.45, 7) is 0. The van der Waals surface area contributed by atoms with Crippen LogP contribution in [0.15, 0.2) is 170 Å². The minimum absolute atomic E-state index is 1.23. The third-order valence-electron chi connectivity index (χ3n) is 8.45. The van der Waals surface area contributed by atoms with Gasteiger partial charge in [0.2, 0.25) is 0 Å². The highest BCUT2D eigenvalue weighted by molar-refractivity contribution is 6.27. The Labute approximate surface area is 246 Å². The van der Waals surface area contributed by atoms with Crippen LogP contribution in [0.1, 0.15) is 0 Å². The van der Waals surface area contributed by atoms with Crippen molar-refractivity contribution in [2.75, 3.05) is 0 Å². The third kappa shape index (κ3) is 4.17. The van der Waals surface area contributed by atoms with Crippen molar-refractivity contribution in [1.29, 1.82) is 0 Å². The molecule has 0 heterocycles. The summed E-state index contributed by atoms with van der Waals surface area (Å²) in [6.07, 6.45) is 0. The molecule has 8 rings (SSSR count). The van der Waals surface area contributed by atoms with Crippen molar-refractivity contribution in [3.8, 4) is 44.5 Å². The molecule has 0 unspecified atom stereocenters. The summed E-state index contributed by atoms with van der Waals surface area (Å²) in [5.74, 6) is 0. The lowest BCUT2D eigenvalue weighted by atomic mass is 9.86. The van der Waals surface area contributed by atoms with E-state index in [1.807, 2.05) is 0 Å². The van der Waals surface area contributed by atoms with Crippen LogP contribution in [0.5, 0.6) is 0 Å². The number of hydrogen-bond donors (Lipinski definition) is 0. The van der Waals surface area contributed by atoms with Gasteiger partial charge in [-0.2, -0.15) is 0 Å². The molecule has 0 atom stereocenters. The van der Waals surface area contributed by atoms with E-state index in [1.54, 1.807) is 0 Å². The van der Waals surface area contributed by atoms with Crippen molar-refractivity contribution >= 4 is 32.3 Å². The lowest BCUT2D eigenvalue weighted by Crippen LogP contribution is -1.91. The highest BCUT2D eigenvalue weighted by Crippen LogP contribution is 2.43. The Bertz CT molecular complexity index is 2030. The highest BCUT2D eigenvalue weighted by Gasteiger charge is 2.16. The molecule has 8 aromatic rings. The molecule has 0 radical (unpaired) electrons. The minimum Gasteiger partial charge on any atom is -0.0622 e. The van der Waals surface area contributed by atoms with Crippen LogP contribution in [-0.2, 0) is 0 Å². The van der Waals surface area contributed by atoms with Crippen molar-refractivity contribution in [1.82, 2.24) is 0 Å². The van der Waals surface area contributed by atoms with Crippen LogP contribution in [0.4, 0.5) is 0 Å². The lowest BCUT2D eigenvalue weighted by molar-refractivity contribution is 1.61. The fraction of sp³-hybridized carbons (Fsp3) is 0. The largest absolute Gasteiger partial charge is 0.0622 e. The van der Waals surface area contributed by atoms with Crippen molar-refractivity contribution in [3.63, 3.8) is 0 Å².